The fourth-order valence-electron chi connectivity index (χ4n) is 4.92. The number of carbonyl (C=O) groups excluding carboxylic acids is 1. The van der Waals surface area contributed by atoms with Crippen molar-refractivity contribution in [2.45, 2.75) is 69.9 Å². The molecule has 0 spiro atoms. The van der Waals surface area contributed by atoms with Gasteiger partial charge in [0.15, 0.2) is 5.96 Å². The van der Waals surface area contributed by atoms with E-state index in [0.29, 0.717) is 5.91 Å². The molecule has 7 nitrogen and oxygen atoms in total. The first-order valence-corrected chi connectivity index (χ1v) is 11.6. The monoisotopic (exact) mass is 535 g/mol. The Morgan fingerprint density at radius 1 is 1.17 bits per heavy atom. The molecule has 30 heavy (non-hydrogen) atoms. The van der Waals surface area contributed by atoms with Crippen molar-refractivity contribution in [3.63, 3.8) is 0 Å². The summed E-state index contributed by atoms with van der Waals surface area (Å²) < 4.78 is 5.58. The van der Waals surface area contributed by atoms with Crippen LogP contribution in [0.15, 0.2) is 4.99 Å². The largest absolute Gasteiger partial charge is 0.381 e. The Morgan fingerprint density at radius 3 is 2.50 bits per heavy atom. The van der Waals surface area contributed by atoms with Crippen molar-refractivity contribution in [1.29, 1.82) is 0 Å². The molecule has 2 heterocycles. The van der Waals surface area contributed by atoms with Crippen molar-refractivity contribution in [3.05, 3.63) is 0 Å². The Balaban J connectivity index is 0.00000320. The van der Waals surface area contributed by atoms with Crippen LogP contribution in [0.3, 0.4) is 0 Å². The van der Waals surface area contributed by atoms with Crippen LogP contribution < -0.4 is 10.6 Å². The molecule has 1 amide bonds. The van der Waals surface area contributed by atoms with Crippen molar-refractivity contribution in [2.75, 3.05) is 53.5 Å². The van der Waals surface area contributed by atoms with Gasteiger partial charge in [0, 0.05) is 50.3 Å². The average molecular weight is 536 g/mol. The maximum Gasteiger partial charge on any atom is 0.225 e. The van der Waals surface area contributed by atoms with Gasteiger partial charge >= 0.3 is 0 Å². The second-order valence-corrected chi connectivity index (χ2v) is 9.18. The molecule has 3 rings (SSSR count). The zero-order valence-corrected chi connectivity index (χ0v) is 21.5. The topological polar surface area (TPSA) is 69.2 Å². The second kappa shape index (κ2) is 12.4. The molecule has 1 atom stereocenters. The van der Waals surface area contributed by atoms with Crippen molar-refractivity contribution in [1.82, 2.24) is 20.4 Å². The van der Waals surface area contributed by atoms with Crippen LogP contribution in [-0.2, 0) is 9.53 Å². The first-order valence-electron chi connectivity index (χ1n) is 11.6. The van der Waals surface area contributed by atoms with Crippen LogP contribution in [0.5, 0.6) is 0 Å². The highest BCUT2D eigenvalue weighted by molar-refractivity contribution is 14.0. The molecule has 0 aromatic rings. The van der Waals surface area contributed by atoms with Gasteiger partial charge in [-0.05, 0) is 53.1 Å². The Morgan fingerprint density at radius 2 is 1.87 bits per heavy atom. The summed E-state index contributed by atoms with van der Waals surface area (Å²) in [4.78, 5) is 22.2. The number of nitrogens with one attached hydrogen (secondary N) is 2. The van der Waals surface area contributed by atoms with Crippen molar-refractivity contribution < 1.29 is 9.53 Å². The Kier molecular flexibility index (Phi) is 10.6. The zero-order chi connectivity index (χ0) is 20.7. The molecule has 174 valence electrons. The predicted molar refractivity (Wildman–Crippen MR) is 133 cm³/mol. The Hall–Kier alpha value is -0.610. The van der Waals surface area contributed by atoms with Gasteiger partial charge in [-0.25, -0.2) is 0 Å². The van der Waals surface area contributed by atoms with E-state index in [1.807, 2.05) is 0 Å². The summed E-state index contributed by atoms with van der Waals surface area (Å²) >= 11 is 0. The average Bonchev–Trinajstić information content (AvgIpc) is 3.21. The van der Waals surface area contributed by atoms with Gasteiger partial charge in [0.1, 0.15) is 0 Å². The third-order valence-electron chi connectivity index (χ3n) is 7.04. The SMILES string of the molecule is CCNC(=NCC1(N(C)C)CCOCC1)NC1CCN(C(=O)C2CCCCC2)C1.I. The number of ether oxygens (including phenoxy) is 1. The number of halogens is 1. The first kappa shape index (κ1) is 25.6. The molecule has 8 heteroatoms. The number of nitrogens with zero attached hydrogens (tertiary/aromatic N) is 3. The lowest BCUT2D eigenvalue weighted by Gasteiger charge is -2.41. The molecular formula is C22H42IN5O2. The van der Waals surface area contributed by atoms with Gasteiger partial charge in [0.05, 0.1) is 6.54 Å². The van der Waals surface area contributed by atoms with Gasteiger partial charge in [-0.2, -0.15) is 0 Å². The van der Waals surface area contributed by atoms with Crippen molar-refractivity contribution in [2.24, 2.45) is 10.9 Å². The molecule has 0 bridgehead atoms. The molecule has 0 radical (unpaired) electrons. The molecule has 3 aliphatic rings. The lowest BCUT2D eigenvalue weighted by Crippen LogP contribution is -2.52. The van der Waals surface area contributed by atoms with Crippen LogP contribution in [-0.4, -0.2) is 86.7 Å². The van der Waals surface area contributed by atoms with E-state index in [4.69, 9.17) is 9.73 Å². The summed E-state index contributed by atoms with van der Waals surface area (Å²) in [6, 6.07) is 0.283. The van der Waals surface area contributed by atoms with Crippen LogP contribution in [0.2, 0.25) is 0 Å². The number of amides is 1. The number of likely N-dealkylation sites (N-methyl/N-ethyl adjacent to an activating group) is 1. The van der Waals surface area contributed by atoms with Gasteiger partial charge < -0.3 is 25.2 Å². The van der Waals surface area contributed by atoms with Crippen LogP contribution in [0.25, 0.3) is 0 Å². The smallest absolute Gasteiger partial charge is 0.225 e. The lowest BCUT2D eigenvalue weighted by molar-refractivity contribution is -0.135. The molecule has 3 fully saturated rings. The standard InChI is InChI=1S/C22H41N5O2.HI/c1-4-23-21(24-17-22(26(2)3)11-14-29-15-12-22)25-19-10-13-27(16-19)20(28)18-8-6-5-7-9-18;/h18-19H,4-17H2,1-3H3,(H2,23,24,25);1H. The predicted octanol–water partition coefficient (Wildman–Crippen LogP) is 2.45. The number of carbonyl (C=O) groups is 1. The Labute approximate surface area is 199 Å². The van der Waals surface area contributed by atoms with Gasteiger partial charge in [-0.15, -0.1) is 24.0 Å². The van der Waals surface area contributed by atoms with Crippen molar-refractivity contribution in [3.8, 4) is 0 Å². The van der Waals surface area contributed by atoms with E-state index in [1.54, 1.807) is 0 Å². The number of hydrogen-bond donors (Lipinski definition) is 2. The minimum atomic E-state index is 0. The Bertz CT molecular complexity index is 560. The molecule has 1 saturated carbocycles. The van der Waals surface area contributed by atoms with E-state index in [9.17, 15) is 4.79 Å². The van der Waals surface area contributed by atoms with Gasteiger partial charge in [-0.1, -0.05) is 19.3 Å². The van der Waals surface area contributed by atoms with E-state index < -0.39 is 0 Å². The maximum atomic E-state index is 12.8. The molecule has 0 aromatic heterocycles. The molecule has 2 N–H and O–H groups in total. The highest BCUT2D eigenvalue weighted by Gasteiger charge is 2.35. The van der Waals surface area contributed by atoms with Gasteiger partial charge in [-0.3, -0.25) is 9.79 Å². The molecule has 2 saturated heterocycles. The summed E-state index contributed by atoms with van der Waals surface area (Å²) in [6.07, 6.45) is 8.88. The molecule has 0 aromatic carbocycles. The normalized spacial score (nSPS) is 25.1. The fourth-order valence-corrected chi connectivity index (χ4v) is 4.92. The number of hydrogen-bond acceptors (Lipinski definition) is 4. The molecule has 2 aliphatic heterocycles. The minimum Gasteiger partial charge on any atom is -0.381 e. The van der Waals surface area contributed by atoms with Crippen LogP contribution in [0.1, 0.15) is 58.3 Å². The first-order chi connectivity index (χ1) is 14.0. The third-order valence-corrected chi connectivity index (χ3v) is 7.04. The maximum absolute atomic E-state index is 12.8. The van der Waals surface area contributed by atoms with Gasteiger partial charge in [0.25, 0.3) is 0 Å². The summed E-state index contributed by atoms with van der Waals surface area (Å²) in [5, 5.41) is 6.99. The van der Waals surface area contributed by atoms with E-state index in [0.717, 1.165) is 77.5 Å². The van der Waals surface area contributed by atoms with Crippen LogP contribution in [0.4, 0.5) is 0 Å². The molecular weight excluding hydrogens is 493 g/mol. The van der Waals surface area contributed by atoms with Crippen LogP contribution in [0, 0.1) is 5.92 Å². The van der Waals surface area contributed by atoms with E-state index >= 15 is 0 Å². The van der Waals surface area contributed by atoms with Crippen LogP contribution >= 0.6 is 24.0 Å². The number of likely N-dealkylation sites (tertiary alicyclic amines) is 1. The highest BCUT2D eigenvalue weighted by atomic mass is 127. The molecule has 1 aliphatic carbocycles. The quantitative estimate of drug-likeness (QED) is 0.311. The zero-order valence-electron chi connectivity index (χ0n) is 19.1. The lowest BCUT2D eigenvalue weighted by atomic mass is 9.88. The fraction of sp³-hybridized carbons (Fsp3) is 0.909. The number of guanidine groups is 1. The second-order valence-electron chi connectivity index (χ2n) is 9.18. The van der Waals surface area contributed by atoms with E-state index in [-0.39, 0.29) is 41.5 Å². The summed E-state index contributed by atoms with van der Waals surface area (Å²) in [5.41, 5.74) is 0.0687. The van der Waals surface area contributed by atoms with E-state index in [2.05, 4.69) is 41.5 Å². The molecule has 1 unspecified atom stereocenters. The summed E-state index contributed by atoms with van der Waals surface area (Å²) in [6.45, 7) is 6.97. The number of rotatable bonds is 6. The number of aliphatic imine (C=N–C) groups is 1. The summed E-state index contributed by atoms with van der Waals surface area (Å²) in [5.74, 6) is 1.51. The highest BCUT2D eigenvalue weighted by Crippen LogP contribution is 2.27. The van der Waals surface area contributed by atoms with E-state index in [1.165, 1.54) is 19.3 Å². The van der Waals surface area contributed by atoms with Gasteiger partial charge in [0.2, 0.25) is 5.91 Å². The third kappa shape index (κ3) is 6.69. The minimum absolute atomic E-state index is 0. The van der Waals surface area contributed by atoms with Crippen molar-refractivity contribution >= 4 is 35.8 Å². The summed E-state index contributed by atoms with van der Waals surface area (Å²) in [7, 11) is 4.29.